The Morgan fingerprint density at radius 2 is 1.71 bits per heavy atom. The molecule has 0 saturated heterocycles. The van der Waals surface area contributed by atoms with E-state index in [9.17, 15) is 4.79 Å². The zero-order chi connectivity index (χ0) is 15.1. The Morgan fingerprint density at radius 3 is 2.24 bits per heavy atom. The molecule has 0 aromatic carbocycles. The summed E-state index contributed by atoms with van der Waals surface area (Å²) in [7, 11) is 0. The van der Waals surface area contributed by atoms with Crippen molar-refractivity contribution in [3.8, 4) is 11.4 Å². The van der Waals surface area contributed by atoms with Crippen LogP contribution in [0.4, 0.5) is 0 Å². The number of carbonyl (C=O) groups is 1. The lowest BCUT2D eigenvalue weighted by Gasteiger charge is -2.21. The summed E-state index contributed by atoms with van der Waals surface area (Å²) in [5.41, 5.74) is 2.23. The van der Waals surface area contributed by atoms with Gasteiger partial charge >= 0.3 is 0 Å². The number of rotatable bonds is 6. The number of carbonyl (C=O) groups excluding carboxylic acids is 1. The van der Waals surface area contributed by atoms with Gasteiger partial charge in [0.05, 0.1) is 17.0 Å². The van der Waals surface area contributed by atoms with Crippen molar-refractivity contribution in [1.29, 1.82) is 0 Å². The summed E-state index contributed by atoms with van der Waals surface area (Å²) < 4.78 is 0. The zero-order valence-electron chi connectivity index (χ0n) is 12.6. The molecular weight excluding hydrogens is 262 g/mol. The topological polar surface area (TPSA) is 46.1 Å². The van der Waals surface area contributed by atoms with Crippen molar-refractivity contribution in [2.24, 2.45) is 0 Å². The molecule has 2 rings (SSSR count). The molecule has 2 heterocycles. The van der Waals surface area contributed by atoms with Gasteiger partial charge in [-0.15, -0.1) is 0 Å². The van der Waals surface area contributed by atoms with Crippen molar-refractivity contribution in [1.82, 2.24) is 14.9 Å². The van der Waals surface area contributed by atoms with Gasteiger partial charge < -0.3 is 4.90 Å². The van der Waals surface area contributed by atoms with Crippen molar-refractivity contribution in [3.63, 3.8) is 0 Å². The van der Waals surface area contributed by atoms with E-state index in [4.69, 9.17) is 0 Å². The van der Waals surface area contributed by atoms with Crippen LogP contribution in [0.3, 0.4) is 0 Å². The monoisotopic (exact) mass is 283 g/mol. The van der Waals surface area contributed by atoms with Crippen LogP contribution in [0, 0.1) is 0 Å². The van der Waals surface area contributed by atoms with Crippen molar-refractivity contribution in [3.05, 3.63) is 48.3 Å². The van der Waals surface area contributed by atoms with Crippen LogP contribution < -0.4 is 0 Å². The molecule has 0 aliphatic carbocycles. The van der Waals surface area contributed by atoms with E-state index in [1.807, 2.05) is 35.2 Å². The molecule has 0 spiro atoms. The fourth-order valence-corrected chi connectivity index (χ4v) is 2.22. The minimum Gasteiger partial charge on any atom is -0.339 e. The minimum atomic E-state index is 0.0544. The van der Waals surface area contributed by atoms with Gasteiger partial charge in [0.1, 0.15) is 0 Å². The van der Waals surface area contributed by atoms with Gasteiger partial charge in [-0.05, 0) is 37.1 Å². The molecule has 0 radical (unpaired) electrons. The molecule has 0 aliphatic rings. The first-order valence-corrected chi connectivity index (χ1v) is 7.43. The molecule has 0 atom stereocenters. The highest BCUT2D eigenvalue weighted by molar-refractivity contribution is 5.94. The summed E-state index contributed by atoms with van der Waals surface area (Å²) in [4.78, 5) is 23.0. The molecule has 0 N–H and O–H groups in total. The molecule has 110 valence electrons. The molecular formula is C17H21N3O. The number of hydrogen-bond donors (Lipinski definition) is 0. The first-order valence-electron chi connectivity index (χ1n) is 7.43. The largest absolute Gasteiger partial charge is 0.339 e. The summed E-state index contributed by atoms with van der Waals surface area (Å²) in [6.07, 6.45) is 5.31. The van der Waals surface area contributed by atoms with Gasteiger partial charge in [-0.2, -0.15) is 0 Å². The quantitative estimate of drug-likeness (QED) is 0.816. The molecule has 21 heavy (non-hydrogen) atoms. The van der Waals surface area contributed by atoms with E-state index in [1.54, 1.807) is 12.4 Å². The first-order chi connectivity index (χ1) is 10.3. The van der Waals surface area contributed by atoms with Crippen LogP contribution in [-0.4, -0.2) is 33.9 Å². The van der Waals surface area contributed by atoms with E-state index >= 15 is 0 Å². The Morgan fingerprint density at radius 1 is 1.00 bits per heavy atom. The van der Waals surface area contributed by atoms with Crippen LogP contribution >= 0.6 is 0 Å². The third kappa shape index (κ3) is 3.88. The highest BCUT2D eigenvalue weighted by Gasteiger charge is 2.14. The highest BCUT2D eigenvalue weighted by Crippen LogP contribution is 2.14. The second-order valence-corrected chi connectivity index (χ2v) is 4.94. The third-order valence-corrected chi connectivity index (χ3v) is 3.21. The second kappa shape index (κ2) is 7.53. The maximum atomic E-state index is 12.4. The number of pyridine rings is 2. The maximum Gasteiger partial charge on any atom is 0.255 e. The van der Waals surface area contributed by atoms with Crippen molar-refractivity contribution in [2.75, 3.05) is 13.1 Å². The highest BCUT2D eigenvalue weighted by atomic mass is 16.2. The van der Waals surface area contributed by atoms with Gasteiger partial charge in [0, 0.05) is 25.5 Å². The van der Waals surface area contributed by atoms with Gasteiger partial charge in [0.2, 0.25) is 0 Å². The molecule has 0 aliphatic heterocycles. The molecule has 4 heteroatoms. The van der Waals surface area contributed by atoms with Crippen LogP contribution in [0.25, 0.3) is 11.4 Å². The second-order valence-electron chi connectivity index (χ2n) is 4.94. The van der Waals surface area contributed by atoms with E-state index in [0.717, 1.165) is 37.3 Å². The normalized spacial score (nSPS) is 10.4. The van der Waals surface area contributed by atoms with Gasteiger partial charge in [-0.1, -0.05) is 19.9 Å². The van der Waals surface area contributed by atoms with Crippen molar-refractivity contribution >= 4 is 5.91 Å². The summed E-state index contributed by atoms with van der Waals surface area (Å²) in [5, 5.41) is 0. The lowest BCUT2D eigenvalue weighted by molar-refractivity contribution is 0.0755. The average molecular weight is 283 g/mol. The molecule has 0 fully saturated rings. The van der Waals surface area contributed by atoms with Gasteiger partial charge in [0.15, 0.2) is 0 Å². The Kier molecular flexibility index (Phi) is 5.43. The lowest BCUT2D eigenvalue weighted by atomic mass is 10.2. The molecule has 1 amide bonds. The Labute approximate surface area is 125 Å². The SMILES string of the molecule is CCCN(CCC)C(=O)c1ccc(-c2ccccn2)nc1. The fourth-order valence-electron chi connectivity index (χ4n) is 2.22. The van der Waals surface area contributed by atoms with Crippen LogP contribution in [-0.2, 0) is 0 Å². The van der Waals surface area contributed by atoms with E-state index in [0.29, 0.717) is 5.56 Å². The lowest BCUT2D eigenvalue weighted by Crippen LogP contribution is -2.32. The van der Waals surface area contributed by atoms with Gasteiger partial charge in [-0.3, -0.25) is 14.8 Å². The molecule has 4 nitrogen and oxygen atoms in total. The number of nitrogens with zero attached hydrogens (tertiary/aromatic N) is 3. The third-order valence-electron chi connectivity index (χ3n) is 3.21. The molecule has 0 saturated carbocycles. The standard InChI is InChI=1S/C17H21N3O/c1-3-11-20(12-4-2)17(21)14-8-9-16(19-13-14)15-7-5-6-10-18-15/h5-10,13H,3-4,11-12H2,1-2H3. The minimum absolute atomic E-state index is 0.0544. The zero-order valence-corrected chi connectivity index (χ0v) is 12.6. The molecule has 2 aromatic heterocycles. The van der Waals surface area contributed by atoms with Crippen molar-refractivity contribution < 1.29 is 4.79 Å². The number of aromatic nitrogens is 2. The van der Waals surface area contributed by atoms with Crippen LogP contribution in [0.15, 0.2) is 42.7 Å². The van der Waals surface area contributed by atoms with Crippen LogP contribution in [0.5, 0.6) is 0 Å². The molecule has 0 unspecified atom stereocenters. The predicted molar refractivity (Wildman–Crippen MR) is 84.0 cm³/mol. The summed E-state index contributed by atoms with van der Waals surface area (Å²) in [6, 6.07) is 9.38. The van der Waals surface area contributed by atoms with E-state index in [1.165, 1.54) is 0 Å². The number of hydrogen-bond acceptors (Lipinski definition) is 3. The Balaban J connectivity index is 2.16. The fraction of sp³-hybridized carbons (Fsp3) is 0.353. The molecule has 0 bridgehead atoms. The van der Waals surface area contributed by atoms with E-state index in [-0.39, 0.29) is 5.91 Å². The van der Waals surface area contributed by atoms with Crippen LogP contribution in [0.2, 0.25) is 0 Å². The average Bonchev–Trinajstić information content (AvgIpc) is 2.55. The molecule has 2 aromatic rings. The Hall–Kier alpha value is -2.23. The summed E-state index contributed by atoms with van der Waals surface area (Å²) in [6.45, 7) is 5.74. The predicted octanol–water partition coefficient (Wildman–Crippen LogP) is 3.41. The van der Waals surface area contributed by atoms with E-state index in [2.05, 4.69) is 23.8 Å². The number of amides is 1. The summed E-state index contributed by atoms with van der Waals surface area (Å²) in [5.74, 6) is 0.0544. The van der Waals surface area contributed by atoms with E-state index < -0.39 is 0 Å². The van der Waals surface area contributed by atoms with Crippen molar-refractivity contribution in [2.45, 2.75) is 26.7 Å². The first kappa shape index (κ1) is 15.2. The smallest absolute Gasteiger partial charge is 0.255 e. The van der Waals surface area contributed by atoms with Crippen LogP contribution in [0.1, 0.15) is 37.0 Å². The Bertz CT molecular complexity index is 560. The summed E-state index contributed by atoms with van der Waals surface area (Å²) >= 11 is 0. The van der Waals surface area contributed by atoms with Gasteiger partial charge in [-0.25, -0.2) is 0 Å². The maximum absolute atomic E-state index is 12.4. The van der Waals surface area contributed by atoms with Gasteiger partial charge in [0.25, 0.3) is 5.91 Å².